The standard InChI is InChI=1S/C12H12BrFO2/c1-7-3-4-8(14)10(13)9(7)12(11(15)16)5-2-6-12/h3-4H,2,5-6H2,1H3,(H,15,16). The van der Waals surface area contributed by atoms with Gasteiger partial charge in [-0.2, -0.15) is 0 Å². The van der Waals surface area contributed by atoms with Crippen molar-refractivity contribution in [1.29, 1.82) is 0 Å². The lowest BCUT2D eigenvalue weighted by atomic mass is 9.63. The van der Waals surface area contributed by atoms with Gasteiger partial charge in [-0.25, -0.2) is 4.39 Å². The van der Waals surface area contributed by atoms with Crippen molar-refractivity contribution in [2.75, 3.05) is 0 Å². The molecule has 0 saturated heterocycles. The van der Waals surface area contributed by atoms with E-state index in [0.717, 1.165) is 12.0 Å². The molecule has 1 aromatic rings. The zero-order valence-electron chi connectivity index (χ0n) is 8.89. The van der Waals surface area contributed by atoms with Crippen LogP contribution in [-0.4, -0.2) is 11.1 Å². The first-order valence-corrected chi connectivity index (χ1v) is 5.97. The van der Waals surface area contributed by atoms with E-state index in [1.165, 1.54) is 6.07 Å². The van der Waals surface area contributed by atoms with Crippen molar-refractivity contribution >= 4 is 21.9 Å². The lowest BCUT2D eigenvalue weighted by Crippen LogP contribution is -2.43. The summed E-state index contributed by atoms with van der Waals surface area (Å²) in [6.45, 7) is 1.82. The van der Waals surface area contributed by atoms with Crippen LogP contribution in [0.15, 0.2) is 16.6 Å². The highest BCUT2D eigenvalue weighted by Crippen LogP contribution is 2.48. The van der Waals surface area contributed by atoms with Gasteiger partial charge >= 0.3 is 5.97 Å². The third-order valence-corrected chi connectivity index (χ3v) is 4.17. The SMILES string of the molecule is Cc1ccc(F)c(Br)c1C1(C(=O)O)CCC1. The van der Waals surface area contributed by atoms with Gasteiger partial charge in [0.05, 0.1) is 9.89 Å². The van der Waals surface area contributed by atoms with Gasteiger partial charge in [-0.05, 0) is 52.9 Å². The molecule has 1 aliphatic rings. The molecule has 16 heavy (non-hydrogen) atoms. The Kier molecular flexibility index (Phi) is 2.78. The van der Waals surface area contributed by atoms with E-state index in [0.29, 0.717) is 22.9 Å². The van der Waals surface area contributed by atoms with Crippen LogP contribution in [0.1, 0.15) is 30.4 Å². The summed E-state index contributed by atoms with van der Waals surface area (Å²) in [7, 11) is 0. The van der Waals surface area contributed by atoms with Crippen LogP contribution in [0, 0.1) is 12.7 Å². The van der Waals surface area contributed by atoms with Gasteiger partial charge in [-0.1, -0.05) is 12.5 Å². The Morgan fingerprint density at radius 3 is 2.56 bits per heavy atom. The van der Waals surface area contributed by atoms with Crippen molar-refractivity contribution in [2.45, 2.75) is 31.6 Å². The molecule has 1 saturated carbocycles. The van der Waals surface area contributed by atoms with Crippen LogP contribution in [-0.2, 0) is 10.2 Å². The molecule has 0 heterocycles. The summed E-state index contributed by atoms with van der Waals surface area (Å²) >= 11 is 3.17. The monoisotopic (exact) mass is 286 g/mol. The molecule has 0 amide bonds. The van der Waals surface area contributed by atoms with Crippen molar-refractivity contribution in [2.24, 2.45) is 0 Å². The molecule has 2 rings (SSSR count). The van der Waals surface area contributed by atoms with E-state index in [4.69, 9.17) is 0 Å². The molecule has 1 N–H and O–H groups in total. The summed E-state index contributed by atoms with van der Waals surface area (Å²) in [6.07, 6.45) is 2.06. The average Bonchev–Trinajstić information content (AvgIpc) is 2.15. The van der Waals surface area contributed by atoms with Crippen LogP contribution in [0.4, 0.5) is 4.39 Å². The third-order valence-electron chi connectivity index (χ3n) is 3.40. The highest BCUT2D eigenvalue weighted by molar-refractivity contribution is 9.10. The Hall–Kier alpha value is -0.900. The molecule has 0 spiro atoms. The minimum absolute atomic E-state index is 0.301. The fourth-order valence-corrected chi connectivity index (χ4v) is 3.16. The van der Waals surface area contributed by atoms with Crippen molar-refractivity contribution in [3.05, 3.63) is 33.5 Å². The molecule has 0 atom stereocenters. The highest BCUT2D eigenvalue weighted by Gasteiger charge is 2.48. The second-order valence-electron chi connectivity index (χ2n) is 4.29. The van der Waals surface area contributed by atoms with Crippen molar-refractivity contribution < 1.29 is 14.3 Å². The number of hydrogen-bond donors (Lipinski definition) is 1. The van der Waals surface area contributed by atoms with Crippen LogP contribution in [0.5, 0.6) is 0 Å². The Morgan fingerprint density at radius 1 is 1.50 bits per heavy atom. The van der Waals surface area contributed by atoms with Gasteiger partial charge in [0.2, 0.25) is 0 Å². The van der Waals surface area contributed by atoms with Crippen molar-refractivity contribution in [1.82, 2.24) is 0 Å². The predicted molar refractivity (Wildman–Crippen MR) is 62.0 cm³/mol. The summed E-state index contributed by atoms with van der Waals surface area (Å²) in [5.74, 6) is -1.25. The quantitative estimate of drug-likeness (QED) is 0.905. The second-order valence-corrected chi connectivity index (χ2v) is 5.09. The number of carboxylic acid groups (broad SMARTS) is 1. The molecule has 0 unspecified atom stereocenters. The van der Waals surface area contributed by atoms with E-state index >= 15 is 0 Å². The molecular formula is C12H12BrFO2. The Morgan fingerprint density at radius 2 is 2.12 bits per heavy atom. The molecular weight excluding hydrogens is 275 g/mol. The largest absolute Gasteiger partial charge is 0.481 e. The maximum atomic E-state index is 13.5. The maximum absolute atomic E-state index is 13.5. The molecule has 0 aliphatic heterocycles. The number of aryl methyl sites for hydroxylation is 1. The van der Waals surface area contributed by atoms with Crippen LogP contribution in [0.3, 0.4) is 0 Å². The van der Waals surface area contributed by atoms with Gasteiger partial charge < -0.3 is 5.11 Å². The zero-order valence-corrected chi connectivity index (χ0v) is 10.5. The molecule has 1 aliphatic carbocycles. The minimum atomic E-state index is -0.884. The molecule has 1 aromatic carbocycles. The molecule has 86 valence electrons. The van der Waals surface area contributed by atoms with Gasteiger partial charge in [-0.3, -0.25) is 4.79 Å². The van der Waals surface area contributed by atoms with E-state index in [-0.39, 0.29) is 0 Å². The van der Waals surface area contributed by atoms with Crippen LogP contribution in [0.2, 0.25) is 0 Å². The van der Waals surface area contributed by atoms with E-state index in [2.05, 4.69) is 15.9 Å². The number of carboxylic acids is 1. The highest BCUT2D eigenvalue weighted by atomic mass is 79.9. The van der Waals surface area contributed by atoms with E-state index in [9.17, 15) is 14.3 Å². The fraction of sp³-hybridized carbons (Fsp3) is 0.417. The van der Waals surface area contributed by atoms with Gasteiger partial charge in [-0.15, -0.1) is 0 Å². The van der Waals surface area contributed by atoms with E-state index < -0.39 is 17.2 Å². The smallest absolute Gasteiger partial charge is 0.314 e. The first kappa shape index (κ1) is 11.6. The van der Waals surface area contributed by atoms with Gasteiger partial charge in [0.15, 0.2) is 0 Å². The normalized spacial score (nSPS) is 17.9. The van der Waals surface area contributed by atoms with E-state index in [1.54, 1.807) is 6.07 Å². The number of rotatable bonds is 2. The van der Waals surface area contributed by atoms with Gasteiger partial charge in [0.1, 0.15) is 5.82 Å². The van der Waals surface area contributed by atoms with E-state index in [1.807, 2.05) is 6.92 Å². The van der Waals surface area contributed by atoms with Gasteiger partial charge in [0, 0.05) is 0 Å². The molecule has 0 aromatic heterocycles. The van der Waals surface area contributed by atoms with Crippen LogP contribution < -0.4 is 0 Å². The fourth-order valence-electron chi connectivity index (χ4n) is 2.34. The lowest BCUT2D eigenvalue weighted by molar-refractivity contribution is -0.147. The molecule has 2 nitrogen and oxygen atoms in total. The predicted octanol–water partition coefficient (Wildman–Crippen LogP) is 3.40. The second kappa shape index (κ2) is 3.84. The number of hydrogen-bond acceptors (Lipinski definition) is 1. The number of carbonyl (C=O) groups is 1. The summed E-state index contributed by atoms with van der Waals surface area (Å²) in [5, 5.41) is 9.33. The number of benzene rings is 1. The topological polar surface area (TPSA) is 37.3 Å². The maximum Gasteiger partial charge on any atom is 0.314 e. The average molecular weight is 287 g/mol. The minimum Gasteiger partial charge on any atom is -0.481 e. The number of halogens is 2. The van der Waals surface area contributed by atoms with Crippen LogP contribution in [0.25, 0.3) is 0 Å². The molecule has 1 fully saturated rings. The first-order valence-electron chi connectivity index (χ1n) is 5.17. The summed E-state index contributed by atoms with van der Waals surface area (Å²) in [5.41, 5.74) is 0.548. The van der Waals surface area contributed by atoms with Crippen molar-refractivity contribution in [3.63, 3.8) is 0 Å². The van der Waals surface area contributed by atoms with Crippen LogP contribution >= 0.6 is 15.9 Å². The Bertz CT molecular complexity index is 453. The van der Waals surface area contributed by atoms with Crippen molar-refractivity contribution in [3.8, 4) is 0 Å². The first-order chi connectivity index (χ1) is 7.49. The molecule has 0 bridgehead atoms. The molecule has 4 heteroatoms. The zero-order chi connectivity index (χ0) is 11.9. The lowest BCUT2D eigenvalue weighted by Gasteiger charge is -2.39. The Balaban J connectivity index is 2.63. The molecule has 0 radical (unpaired) electrons. The summed E-state index contributed by atoms with van der Waals surface area (Å²) in [4.78, 5) is 11.4. The summed E-state index contributed by atoms with van der Waals surface area (Å²) < 4.78 is 13.8. The number of aliphatic carboxylic acids is 1. The third kappa shape index (κ3) is 1.47. The summed E-state index contributed by atoms with van der Waals surface area (Å²) in [6, 6.07) is 3.00. The Labute approximate surface area is 102 Å². The van der Waals surface area contributed by atoms with Gasteiger partial charge in [0.25, 0.3) is 0 Å².